The van der Waals surface area contributed by atoms with Gasteiger partial charge in [-0.15, -0.1) is 10.2 Å². The van der Waals surface area contributed by atoms with Crippen LogP contribution in [-0.2, 0) is 16.2 Å². The molecule has 0 radical (unpaired) electrons. The Kier molecular flexibility index (Phi) is 7.27. The SMILES string of the molecule is CC(=O)NO[As](=O)(OO)c1ccccc1.c1cnnnc1. The van der Waals surface area contributed by atoms with Crippen LogP contribution in [0.15, 0.2) is 48.8 Å². The number of aromatic nitrogens is 3. The third-order valence-corrected chi connectivity index (χ3v) is 5.00. The molecule has 0 aliphatic carbocycles. The molecule has 1 atom stereocenters. The predicted molar refractivity (Wildman–Crippen MR) is 71.0 cm³/mol. The van der Waals surface area contributed by atoms with E-state index in [2.05, 4.69) is 23.1 Å². The minimum Gasteiger partial charge on any atom is -0.139 e. The molecule has 21 heavy (non-hydrogen) atoms. The van der Waals surface area contributed by atoms with Gasteiger partial charge in [-0.05, 0) is 11.3 Å². The molecule has 2 aromatic rings. The van der Waals surface area contributed by atoms with E-state index in [9.17, 15) is 8.53 Å². The van der Waals surface area contributed by atoms with Crippen LogP contribution in [0.3, 0.4) is 0 Å². The number of hydrogen-bond acceptors (Lipinski definition) is 8. The van der Waals surface area contributed by atoms with Crippen molar-refractivity contribution in [3.8, 4) is 0 Å². The van der Waals surface area contributed by atoms with Crippen LogP contribution in [-0.4, -0.2) is 40.7 Å². The summed E-state index contributed by atoms with van der Waals surface area (Å²) < 4.78 is 20.5. The van der Waals surface area contributed by atoms with E-state index in [0.29, 0.717) is 0 Å². The van der Waals surface area contributed by atoms with Crippen molar-refractivity contribution >= 4 is 24.4 Å². The van der Waals surface area contributed by atoms with Gasteiger partial charge in [-0.1, -0.05) is 0 Å². The van der Waals surface area contributed by atoms with Crippen LogP contribution in [0.4, 0.5) is 0 Å². The smallest absolute Gasteiger partial charge is 0.0529 e. The van der Waals surface area contributed by atoms with Crippen molar-refractivity contribution in [2.45, 2.75) is 6.92 Å². The van der Waals surface area contributed by atoms with Gasteiger partial charge in [-0.25, -0.2) is 0 Å². The summed E-state index contributed by atoms with van der Waals surface area (Å²) in [6, 6.07) is 9.58. The second kappa shape index (κ2) is 8.98. The van der Waals surface area contributed by atoms with Crippen LogP contribution in [0.25, 0.3) is 0 Å². The minimum absolute atomic E-state index is 0.201. The summed E-state index contributed by atoms with van der Waals surface area (Å²) in [5.41, 5.74) is 1.88. The van der Waals surface area contributed by atoms with Crippen LogP contribution in [0.1, 0.15) is 6.92 Å². The quantitative estimate of drug-likeness (QED) is 0.435. The average Bonchev–Trinajstić information content (AvgIpc) is 2.55. The molecule has 1 unspecified atom stereocenters. The topological polar surface area (TPSA) is 124 Å². The maximum Gasteiger partial charge on any atom is 0.0529 e. The number of nitrogens with zero attached hydrogens (tertiary/aromatic N) is 3. The first-order chi connectivity index (χ1) is 10.1. The third kappa shape index (κ3) is 6.28. The van der Waals surface area contributed by atoms with Gasteiger partial charge in [0, 0.05) is 0 Å². The first kappa shape index (κ1) is 17.0. The van der Waals surface area contributed by atoms with Gasteiger partial charge in [0.1, 0.15) is 0 Å². The minimum atomic E-state index is -4.55. The molecular weight excluding hydrogens is 343 g/mol. The van der Waals surface area contributed by atoms with Crippen LogP contribution in [0, 0.1) is 0 Å². The number of hydrogen-bond donors (Lipinski definition) is 2. The molecule has 0 bridgehead atoms. The van der Waals surface area contributed by atoms with E-state index >= 15 is 0 Å². The van der Waals surface area contributed by atoms with Gasteiger partial charge in [0.2, 0.25) is 0 Å². The first-order valence-electron chi connectivity index (χ1n) is 5.61. The van der Waals surface area contributed by atoms with E-state index in [1.165, 1.54) is 19.1 Å². The molecule has 2 N–H and O–H groups in total. The van der Waals surface area contributed by atoms with E-state index in [4.69, 9.17) is 5.26 Å². The van der Waals surface area contributed by atoms with Crippen molar-refractivity contribution in [2.75, 3.05) is 0 Å². The van der Waals surface area contributed by atoms with Crippen molar-refractivity contribution in [3.05, 3.63) is 48.8 Å². The maximum atomic E-state index is 11.8. The summed E-state index contributed by atoms with van der Waals surface area (Å²) in [6.07, 6.45) is 3.15. The Morgan fingerprint density at radius 1 is 1.19 bits per heavy atom. The van der Waals surface area contributed by atoms with Gasteiger partial charge < -0.3 is 0 Å². The number of amides is 1. The summed E-state index contributed by atoms with van der Waals surface area (Å²) in [7, 11) is 0. The Labute approximate surface area is 123 Å². The molecule has 2 rings (SSSR count). The van der Waals surface area contributed by atoms with Crippen molar-refractivity contribution in [1.82, 2.24) is 20.9 Å². The first-order valence-corrected chi connectivity index (χ1v) is 8.84. The summed E-state index contributed by atoms with van der Waals surface area (Å²) in [6.45, 7) is 1.18. The van der Waals surface area contributed by atoms with E-state index < -0.39 is 20.1 Å². The molecule has 0 saturated heterocycles. The molecule has 0 aliphatic rings. The van der Waals surface area contributed by atoms with Gasteiger partial charge in [0.25, 0.3) is 0 Å². The third-order valence-electron chi connectivity index (χ3n) is 1.90. The molecule has 9 nitrogen and oxygen atoms in total. The molecule has 1 aromatic heterocycles. The Bertz CT molecular complexity index is 557. The molecule has 1 aromatic carbocycles. The predicted octanol–water partition coefficient (Wildman–Crippen LogP) is -0.308. The van der Waals surface area contributed by atoms with Crippen LogP contribution in [0.5, 0.6) is 0 Å². The number of nitrogens with one attached hydrogen (secondary N) is 1. The van der Waals surface area contributed by atoms with Crippen LogP contribution < -0.4 is 9.83 Å². The zero-order valence-corrected chi connectivity index (χ0v) is 12.9. The molecular formula is C11H13AsN4O5. The van der Waals surface area contributed by atoms with Crippen LogP contribution in [0.2, 0.25) is 0 Å². The average molecular weight is 356 g/mol. The fourth-order valence-electron chi connectivity index (χ4n) is 1.06. The fourth-order valence-corrected chi connectivity index (χ4v) is 3.19. The van der Waals surface area contributed by atoms with E-state index in [1.54, 1.807) is 36.7 Å². The van der Waals surface area contributed by atoms with Gasteiger partial charge in [-0.2, -0.15) is 0 Å². The zero-order chi connectivity index (χ0) is 15.6. The van der Waals surface area contributed by atoms with Crippen molar-refractivity contribution in [3.63, 3.8) is 0 Å². The summed E-state index contributed by atoms with van der Waals surface area (Å²) in [5, 5.41) is 18.7. The molecule has 0 saturated carbocycles. The van der Waals surface area contributed by atoms with Gasteiger partial charge in [0.05, 0.1) is 12.4 Å². The molecule has 112 valence electrons. The second-order valence-electron chi connectivity index (χ2n) is 3.48. The number of carbonyl (C=O) groups excluding carboxylic acids is 1. The normalized spacial score (nSPS) is 12.5. The summed E-state index contributed by atoms with van der Waals surface area (Å²) in [5.74, 6) is -0.537. The van der Waals surface area contributed by atoms with E-state index in [0.717, 1.165) is 0 Å². The number of hydroxylamine groups is 1. The number of carbonyl (C=O) groups is 1. The van der Waals surface area contributed by atoms with Crippen molar-refractivity contribution in [2.24, 2.45) is 0 Å². The Morgan fingerprint density at radius 2 is 1.81 bits per heavy atom. The number of rotatable bonds is 4. The maximum absolute atomic E-state index is 11.8. The van der Waals surface area contributed by atoms with Crippen molar-refractivity contribution in [1.29, 1.82) is 0 Å². The van der Waals surface area contributed by atoms with Gasteiger partial charge in [0.15, 0.2) is 0 Å². The number of benzene rings is 1. The fraction of sp³-hybridized carbons (Fsp3) is 0.0909. The van der Waals surface area contributed by atoms with Gasteiger partial charge >= 0.3 is 88.7 Å². The van der Waals surface area contributed by atoms with Gasteiger partial charge in [-0.3, -0.25) is 0 Å². The Balaban J connectivity index is 0.000000304. The van der Waals surface area contributed by atoms with Crippen LogP contribution >= 0.6 is 0 Å². The molecule has 1 amide bonds. The largest absolute Gasteiger partial charge is 0.139 e. The summed E-state index contributed by atoms with van der Waals surface area (Å²) >= 11 is -4.55. The molecule has 0 fully saturated rings. The zero-order valence-electron chi connectivity index (χ0n) is 11.0. The summed E-state index contributed by atoms with van der Waals surface area (Å²) in [4.78, 5) is 10.6. The molecule has 0 aliphatic heterocycles. The van der Waals surface area contributed by atoms with E-state index in [1.807, 2.05) is 5.48 Å². The molecule has 10 heteroatoms. The van der Waals surface area contributed by atoms with Crippen molar-refractivity contribution < 1.29 is 21.5 Å². The molecule has 0 spiro atoms. The standard InChI is InChI=1S/C8H10AsNO5.C3H3N3/c1-7(11)10-14-9(12,15-13)8-5-3-2-4-6-8;1-2-4-6-5-3-1/h2-6,13H,1H3,(H,10,11);1-3H. The Hall–Kier alpha value is -2.06. The monoisotopic (exact) mass is 356 g/mol. The molecule has 1 heterocycles. The second-order valence-corrected chi connectivity index (χ2v) is 7.37. The van der Waals surface area contributed by atoms with E-state index in [-0.39, 0.29) is 4.35 Å². The Morgan fingerprint density at radius 3 is 2.19 bits per heavy atom.